The number of hydrogen-bond acceptors (Lipinski definition) is 7. The Morgan fingerprint density at radius 3 is 2.44 bits per heavy atom. The molecule has 0 bridgehead atoms. The molecule has 0 radical (unpaired) electrons. The van der Waals surface area contributed by atoms with Crippen LogP contribution in [0, 0.1) is 0 Å². The van der Waals surface area contributed by atoms with E-state index in [-0.39, 0.29) is 36.7 Å². The molecular formula is C24H22N4O6. The molecule has 0 spiro atoms. The molecule has 10 nitrogen and oxygen atoms in total. The number of carboxylic acids is 1. The molecule has 1 amide bonds. The Hall–Kier alpha value is -4.44. The van der Waals surface area contributed by atoms with E-state index in [0.29, 0.717) is 17.1 Å². The van der Waals surface area contributed by atoms with E-state index in [1.54, 1.807) is 24.3 Å². The highest BCUT2D eigenvalue weighted by Gasteiger charge is 2.34. The van der Waals surface area contributed by atoms with Crippen molar-refractivity contribution in [3.63, 3.8) is 0 Å². The van der Waals surface area contributed by atoms with E-state index >= 15 is 0 Å². The molecule has 0 saturated heterocycles. The van der Waals surface area contributed by atoms with Gasteiger partial charge < -0.3 is 25.2 Å². The van der Waals surface area contributed by atoms with Gasteiger partial charge in [-0.05, 0) is 30.3 Å². The number of carboxylic acid groups (broad SMARTS) is 1. The Morgan fingerprint density at radius 2 is 1.82 bits per heavy atom. The summed E-state index contributed by atoms with van der Waals surface area (Å²) in [5, 5.41) is 25.8. The number of hydrogen-bond donors (Lipinski definition) is 3. The molecule has 0 atom stereocenters. The first-order valence-electron chi connectivity index (χ1n) is 10.4. The highest BCUT2D eigenvalue weighted by atomic mass is 16.5. The molecule has 0 unspecified atom stereocenters. The third kappa shape index (κ3) is 4.39. The fourth-order valence-corrected chi connectivity index (χ4v) is 3.68. The van der Waals surface area contributed by atoms with E-state index in [9.17, 15) is 24.6 Å². The minimum Gasteiger partial charge on any atom is -0.476 e. The number of amides is 1. The predicted octanol–water partition coefficient (Wildman–Crippen LogP) is 1.91. The number of carbonyl (C=O) groups excluding carboxylic acids is 2. The lowest BCUT2D eigenvalue weighted by molar-refractivity contribution is -0.136. The van der Waals surface area contributed by atoms with Gasteiger partial charge in [-0.25, -0.2) is 14.3 Å². The van der Waals surface area contributed by atoms with Gasteiger partial charge >= 0.3 is 11.9 Å². The van der Waals surface area contributed by atoms with Crippen LogP contribution in [0.2, 0.25) is 0 Å². The van der Waals surface area contributed by atoms with Gasteiger partial charge in [0.25, 0.3) is 5.91 Å². The molecule has 2 heterocycles. The minimum atomic E-state index is -1.14. The average molecular weight is 462 g/mol. The number of aromatic carboxylic acids is 1. The van der Waals surface area contributed by atoms with Crippen molar-refractivity contribution in [2.75, 3.05) is 32.1 Å². The largest absolute Gasteiger partial charge is 0.476 e. The van der Waals surface area contributed by atoms with Crippen molar-refractivity contribution in [3.8, 4) is 16.9 Å². The van der Waals surface area contributed by atoms with Crippen LogP contribution in [-0.4, -0.2) is 69.5 Å². The van der Waals surface area contributed by atoms with Crippen LogP contribution in [0.15, 0.2) is 71.9 Å². The number of nitrogens with zero attached hydrogens (tertiary/aromatic N) is 3. The molecule has 3 N–H and O–H groups in total. The van der Waals surface area contributed by atoms with Gasteiger partial charge in [-0.2, -0.15) is 5.10 Å². The van der Waals surface area contributed by atoms with E-state index in [2.05, 4.69) is 10.4 Å². The second-order valence-corrected chi connectivity index (χ2v) is 7.47. The van der Waals surface area contributed by atoms with E-state index in [1.165, 1.54) is 22.8 Å². The van der Waals surface area contributed by atoms with Crippen LogP contribution in [-0.2, 0) is 14.3 Å². The van der Waals surface area contributed by atoms with Crippen LogP contribution in [0.3, 0.4) is 0 Å². The van der Waals surface area contributed by atoms with E-state index < -0.39 is 17.8 Å². The molecule has 0 aliphatic carbocycles. The average Bonchev–Trinajstić information content (AvgIpc) is 3.43. The summed E-state index contributed by atoms with van der Waals surface area (Å²) in [6, 6.07) is 17.6. The maximum Gasteiger partial charge on any atom is 0.356 e. The number of esters is 1. The Bertz CT molecular complexity index is 1260. The van der Waals surface area contributed by atoms with E-state index in [1.807, 2.05) is 30.3 Å². The fraction of sp³-hybridized carbons (Fsp3) is 0.167. The van der Waals surface area contributed by atoms with Crippen molar-refractivity contribution in [1.29, 1.82) is 0 Å². The normalized spacial score (nSPS) is 13.4. The summed E-state index contributed by atoms with van der Waals surface area (Å²) in [4.78, 5) is 37.7. The number of methoxy groups -OCH3 is 1. The predicted molar refractivity (Wildman–Crippen MR) is 122 cm³/mol. The molecule has 0 saturated carbocycles. The number of nitrogens with one attached hydrogen (secondary N) is 1. The number of rotatable bonds is 8. The number of aromatic nitrogens is 2. The summed E-state index contributed by atoms with van der Waals surface area (Å²) in [5.41, 5.74) is 2.73. The van der Waals surface area contributed by atoms with Gasteiger partial charge in [-0.3, -0.25) is 4.79 Å². The summed E-state index contributed by atoms with van der Waals surface area (Å²) in [5.74, 6) is -2.18. The van der Waals surface area contributed by atoms with Gasteiger partial charge in [0.05, 0.1) is 37.2 Å². The Balaban J connectivity index is 1.65. The van der Waals surface area contributed by atoms with Crippen molar-refractivity contribution < 1.29 is 29.3 Å². The van der Waals surface area contributed by atoms with Gasteiger partial charge in [0.2, 0.25) is 0 Å². The molecule has 10 heteroatoms. The Morgan fingerprint density at radius 1 is 1.12 bits per heavy atom. The molecule has 3 aromatic rings. The molecule has 34 heavy (non-hydrogen) atoms. The zero-order valence-corrected chi connectivity index (χ0v) is 18.3. The number of anilines is 1. The Kier molecular flexibility index (Phi) is 6.42. The van der Waals surface area contributed by atoms with Crippen LogP contribution in [0.1, 0.15) is 10.5 Å². The molecule has 174 valence electrons. The van der Waals surface area contributed by atoms with Crippen molar-refractivity contribution in [3.05, 3.63) is 77.6 Å². The number of β-amino-alcohol motifs (C(OH)–C–C–N with tert-alkyl or cyclic N) is 1. The van der Waals surface area contributed by atoms with E-state index in [4.69, 9.17) is 4.74 Å². The first-order valence-corrected chi connectivity index (χ1v) is 10.4. The standard InChI is InChI=1S/C24H22N4O6/c1-34-24(33)18-14-27(11-12-29)22(30)21(18)25-16-7-9-17(10-8-16)28-20(13-19(26-28)23(31)32)15-5-3-2-4-6-15/h2-10,13,25,29H,11-12,14H2,1H3,(H,31,32). The molecule has 1 aliphatic rings. The van der Waals surface area contributed by atoms with Crippen molar-refractivity contribution in [2.24, 2.45) is 0 Å². The van der Waals surface area contributed by atoms with Crippen molar-refractivity contribution >= 4 is 23.5 Å². The minimum absolute atomic E-state index is 0.0399. The lowest BCUT2D eigenvalue weighted by Crippen LogP contribution is -2.31. The quantitative estimate of drug-likeness (QED) is 0.432. The maximum absolute atomic E-state index is 12.7. The SMILES string of the molecule is COC(=O)C1=C(Nc2ccc(-n3nc(C(=O)O)cc3-c3ccccc3)cc2)C(=O)N(CCO)C1. The lowest BCUT2D eigenvalue weighted by atomic mass is 10.1. The zero-order valence-electron chi connectivity index (χ0n) is 18.3. The first-order chi connectivity index (χ1) is 16.4. The molecule has 2 aromatic carbocycles. The molecule has 1 aromatic heterocycles. The molecular weight excluding hydrogens is 440 g/mol. The first kappa shape index (κ1) is 22.7. The summed E-state index contributed by atoms with van der Waals surface area (Å²) >= 11 is 0. The fourth-order valence-electron chi connectivity index (χ4n) is 3.68. The topological polar surface area (TPSA) is 134 Å². The second kappa shape index (κ2) is 9.59. The monoisotopic (exact) mass is 462 g/mol. The summed E-state index contributed by atoms with van der Waals surface area (Å²) in [6.45, 7) is -0.0940. The zero-order chi connectivity index (χ0) is 24.2. The van der Waals surface area contributed by atoms with Crippen molar-refractivity contribution in [2.45, 2.75) is 0 Å². The molecule has 0 fully saturated rings. The summed E-state index contributed by atoms with van der Waals surface area (Å²) < 4.78 is 6.33. The third-order valence-corrected chi connectivity index (χ3v) is 5.33. The van der Waals surface area contributed by atoms with Crippen LogP contribution < -0.4 is 5.32 Å². The molecule has 1 aliphatic heterocycles. The van der Waals surface area contributed by atoms with Gasteiger partial charge in [-0.15, -0.1) is 0 Å². The van der Waals surface area contributed by atoms with E-state index in [0.717, 1.165) is 5.56 Å². The number of carbonyl (C=O) groups is 3. The van der Waals surface area contributed by atoms with Gasteiger partial charge in [0.1, 0.15) is 5.70 Å². The Labute approximate surface area is 194 Å². The van der Waals surface area contributed by atoms with Crippen LogP contribution >= 0.6 is 0 Å². The number of aliphatic hydroxyl groups excluding tert-OH is 1. The highest BCUT2D eigenvalue weighted by molar-refractivity contribution is 6.08. The lowest BCUT2D eigenvalue weighted by Gasteiger charge is -2.15. The molecule has 4 rings (SSSR count). The number of benzene rings is 2. The summed E-state index contributed by atoms with van der Waals surface area (Å²) in [6.07, 6.45) is 0. The van der Waals surface area contributed by atoms with Crippen LogP contribution in [0.4, 0.5) is 5.69 Å². The van der Waals surface area contributed by atoms with Gasteiger partial charge in [0, 0.05) is 17.8 Å². The second-order valence-electron chi connectivity index (χ2n) is 7.47. The number of aliphatic hydroxyl groups is 1. The highest BCUT2D eigenvalue weighted by Crippen LogP contribution is 2.26. The van der Waals surface area contributed by atoms with Crippen LogP contribution in [0.25, 0.3) is 16.9 Å². The smallest absolute Gasteiger partial charge is 0.356 e. The summed E-state index contributed by atoms with van der Waals surface area (Å²) in [7, 11) is 1.24. The third-order valence-electron chi connectivity index (χ3n) is 5.33. The van der Waals surface area contributed by atoms with Gasteiger partial charge in [-0.1, -0.05) is 30.3 Å². The van der Waals surface area contributed by atoms with Gasteiger partial charge in [0.15, 0.2) is 5.69 Å². The van der Waals surface area contributed by atoms with Crippen LogP contribution in [0.5, 0.6) is 0 Å². The van der Waals surface area contributed by atoms with Crippen molar-refractivity contribution in [1.82, 2.24) is 14.7 Å². The number of ether oxygens (including phenoxy) is 1. The maximum atomic E-state index is 12.7.